The monoisotopic (exact) mass is 334 g/mol. The normalized spacial score (nSPS) is 16.5. The lowest BCUT2D eigenvalue weighted by atomic mass is 10.2. The van der Waals surface area contributed by atoms with Crippen LogP contribution in [0.15, 0.2) is 4.34 Å². The number of aliphatic hydroxyl groups excluding tert-OH is 1. The van der Waals surface area contributed by atoms with Crippen molar-refractivity contribution < 1.29 is 18.3 Å². The van der Waals surface area contributed by atoms with E-state index in [1.807, 2.05) is 0 Å². The van der Waals surface area contributed by atoms with Crippen LogP contribution in [0, 0.1) is 0 Å². The minimum Gasteiger partial charge on any atom is -0.395 e. The number of rotatable bonds is 6. The number of anilines is 1. The van der Waals surface area contributed by atoms with Gasteiger partial charge < -0.3 is 10.4 Å². The van der Waals surface area contributed by atoms with Crippen LogP contribution >= 0.6 is 11.3 Å². The zero-order valence-corrected chi connectivity index (χ0v) is 13.3. The van der Waals surface area contributed by atoms with Crippen LogP contribution in [0.3, 0.4) is 0 Å². The maximum absolute atomic E-state index is 12.6. The van der Waals surface area contributed by atoms with Gasteiger partial charge in [0.1, 0.15) is 0 Å². The van der Waals surface area contributed by atoms with Crippen molar-refractivity contribution >= 4 is 32.4 Å². The van der Waals surface area contributed by atoms with Crippen molar-refractivity contribution in [1.29, 1.82) is 0 Å². The number of hydrogen-bond acceptors (Lipinski definition) is 7. The van der Waals surface area contributed by atoms with Crippen LogP contribution in [0.1, 0.15) is 32.6 Å². The number of nitrogens with one attached hydrogen (secondary N) is 1. The highest BCUT2D eigenvalue weighted by atomic mass is 32.2. The van der Waals surface area contributed by atoms with E-state index in [4.69, 9.17) is 5.11 Å². The zero-order valence-electron chi connectivity index (χ0n) is 11.7. The summed E-state index contributed by atoms with van der Waals surface area (Å²) in [6, 6.07) is -0.102. The molecule has 8 nitrogen and oxygen atoms in total. The number of amides is 1. The number of nitrogens with zero attached hydrogens (tertiary/aromatic N) is 3. The number of hydrogen-bond donors (Lipinski definition) is 2. The fourth-order valence-electron chi connectivity index (χ4n) is 2.41. The van der Waals surface area contributed by atoms with Crippen molar-refractivity contribution in [3.8, 4) is 0 Å². The average molecular weight is 334 g/mol. The van der Waals surface area contributed by atoms with Gasteiger partial charge in [0.2, 0.25) is 15.4 Å². The molecule has 1 heterocycles. The van der Waals surface area contributed by atoms with Crippen LogP contribution < -0.4 is 5.32 Å². The van der Waals surface area contributed by atoms with E-state index in [2.05, 4.69) is 15.5 Å². The molecule has 2 rings (SSSR count). The predicted octanol–water partition coefficient (Wildman–Crippen LogP) is 0.422. The molecule has 118 valence electrons. The van der Waals surface area contributed by atoms with Crippen molar-refractivity contribution in [2.45, 2.75) is 43.0 Å². The summed E-state index contributed by atoms with van der Waals surface area (Å²) in [6.45, 7) is 1.11. The molecule has 1 amide bonds. The Hall–Kier alpha value is -1.10. The van der Waals surface area contributed by atoms with E-state index in [1.165, 1.54) is 11.2 Å². The molecule has 0 bridgehead atoms. The average Bonchev–Trinajstić information content (AvgIpc) is 3.05. The van der Waals surface area contributed by atoms with Gasteiger partial charge in [-0.3, -0.25) is 4.79 Å². The summed E-state index contributed by atoms with van der Waals surface area (Å²) in [4.78, 5) is 11.0. The second-order valence-corrected chi connectivity index (χ2v) is 7.87. The Bertz CT molecular complexity index is 595. The van der Waals surface area contributed by atoms with Gasteiger partial charge in [0, 0.05) is 19.5 Å². The lowest BCUT2D eigenvalue weighted by Gasteiger charge is -2.25. The molecule has 21 heavy (non-hydrogen) atoms. The van der Waals surface area contributed by atoms with E-state index in [-0.39, 0.29) is 34.6 Å². The summed E-state index contributed by atoms with van der Waals surface area (Å²) < 4.78 is 26.4. The van der Waals surface area contributed by atoms with Gasteiger partial charge in [0.25, 0.3) is 10.0 Å². The van der Waals surface area contributed by atoms with Gasteiger partial charge in [-0.05, 0) is 12.8 Å². The van der Waals surface area contributed by atoms with E-state index in [9.17, 15) is 13.2 Å². The van der Waals surface area contributed by atoms with E-state index >= 15 is 0 Å². The molecule has 0 radical (unpaired) electrons. The molecule has 0 aliphatic heterocycles. The molecule has 2 N–H and O–H groups in total. The van der Waals surface area contributed by atoms with Crippen LogP contribution in [0.4, 0.5) is 5.13 Å². The Morgan fingerprint density at radius 3 is 2.67 bits per heavy atom. The Balaban J connectivity index is 2.24. The van der Waals surface area contributed by atoms with Crippen LogP contribution in [0.2, 0.25) is 0 Å². The summed E-state index contributed by atoms with van der Waals surface area (Å²) in [5, 5.41) is 19.0. The van der Waals surface area contributed by atoms with Crippen molar-refractivity contribution in [2.24, 2.45) is 0 Å². The molecular weight excluding hydrogens is 316 g/mol. The highest BCUT2D eigenvalue weighted by Gasteiger charge is 2.35. The third-order valence-corrected chi connectivity index (χ3v) is 6.41. The molecule has 1 aromatic rings. The summed E-state index contributed by atoms with van der Waals surface area (Å²) in [6.07, 6.45) is 3.54. The highest BCUT2D eigenvalue weighted by molar-refractivity contribution is 7.91. The van der Waals surface area contributed by atoms with E-state index < -0.39 is 10.0 Å². The third-order valence-electron chi connectivity index (χ3n) is 3.27. The number of sulfonamides is 1. The topological polar surface area (TPSA) is 112 Å². The Kier molecular flexibility index (Phi) is 5.25. The molecule has 0 spiro atoms. The standard InChI is InChI=1S/C11H18N4O4S2/c1-8(17)12-10-13-14-11(20-10)21(18,19)15(6-7-16)9-4-2-3-5-9/h9,16H,2-7H2,1H3,(H,12,13,17). The van der Waals surface area contributed by atoms with E-state index in [1.54, 1.807) is 0 Å². The largest absolute Gasteiger partial charge is 0.395 e. The molecule has 0 aromatic carbocycles. The van der Waals surface area contributed by atoms with Crippen molar-refractivity contribution in [1.82, 2.24) is 14.5 Å². The third kappa shape index (κ3) is 3.76. The number of aliphatic hydroxyl groups is 1. The van der Waals surface area contributed by atoms with Gasteiger partial charge in [-0.25, -0.2) is 8.42 Å². The summed E-state index contributed by atoms with van der Waals surface area (Å²) in [7, 11) is -3.79. The van der Waals surface area contributed by atoms with Crippen molar-refractivity contribution in [3.05, 3.63) is 0 Å². The molecule has 1 fully saturated rings. The highest BCUT2D eigenvalue weighted by Crippen LogP contribution is 2.30. The zero-order chi connectivity index (χ0) is 15.5. The Labute approximate surface area is 127 Å². The number of aromatic nitrogens is 2. The SMILES string of the molecule is CC(=O)Nc1nnc(S(=O)(=O)N(CCO)C2CCCC2)s1. The fraction of sp³-hybridized carbons (Fsp3) is 0.727. The Morgan fingerprint density at radius 2 is 2.10 bits per heavy atom. The predicted molar refractivity (Wildman–Crippen MR) is 77.4 cm³/mol. The minimum atomic E-state index is -3.79. The molecule has 0 saturated heterocycles. The van der Waals surface area contributed by atoms with Crippen molar-refractivity contribution in [2.75, 3.05) is 18.5 Å². The van der Waals surface area contributed by atoms with Crippen LogP contribution in [0.5, 0.6) is 0 Å². The number of carbonyl (C=O) groups excluding carboxylic acids is 1. The molecule has 0 atom stereocenters. The lowest BCUT2D eigenvalue weighted by molar-refractivity contribution is -0.114. The Morgan fingerprint density at radius 1 is 1.43 bits per heavy atom. The van der Waals surface area contributed by atoms with Gasteiger partial charge in [0.15, 0.2) is 0 Å². The summed E-state index contributed by atoms with van der Waals surface area (Å²) in [5.74, 6) is -0.335. The first-order chi connectivity index (χ1) is 9.95. The van der Waals surface area contributed by atoms with Gasteiger partial charge in [-0.2, -0.15) is 4.31 Å². The minimum absolute atomic E-state index is 0.0437. The molecule has 1 aliphatic rings. The van der Waals surface area contributed by atoms with Crippen LogP contribution in [-0.2, 0) is 14.8 Å². The molecule has 1 saturated carbocycles. The maximum Gasteiger partial charge on any atom is 0.272 e. The molecule has 10 heteroatoms. The van der Waals surface area contributed by atoms with Gasteiger partial charge in [-0.1, -0.05) is 24.2 Å². The van der Waals surface area contributed by atoms with E-state index in [0.717, 1.165) is 37.0 Å². The van der Waals surface area contributed by atoms with Gasteiger partial charge in [-0.15, -0.1) is 10.2 Å². The van der Waals surface area contributed by atoms with Crippen LogP contribution in [-0.4, -0.2) is 53.1 Å². The number of carbonyl (C=O) groups is 1. The quantitative estimate of drug-likeness (QED) is 0.729. The second-order valence-electron chi connectivity index (χ2n) is 4.83. The summed E-state index contributed by atoms with van der Waals surface area (Å²) in [5.41, 5.74) is 0. The van der Waals surface area contributed by atoms with E-state index in [0.29, 0.717) is 0 Å². The first-order valence-corrected chi connectivity index (χ1v) is 8.94. The van der Waals surface area contributed by atoms with Gasteiger partial charge in [0.05, 0.1) is 6.61 Å². The smallest absolute Gasteiger partial charge is 0.272 e. The van der Waals surface area contributed by atoms with Crippen molar-refractivity contribution in [3.63, 3.8) is 0 Å². The first-order valence-electron chi connectivity index (χ1n) is 6.69. The lowest BCUT2D eigenvalue weighted by Crippen LogP contribution is -2.40. The molecule has 1 aliphatic carbocycles. The maximum atomic E-state index is 12.6. The summed E-state index contributed by atoms with van der Waals surface area (Å²) >= 11 is 0.816. The molecule has 0 unspecified atom stereocenters. The second kappa shape index (κ2) is 6.77. The first kappa shape index (κ1) is 16.3. The molecular formula is C11H18N4O4S2. The van der Waals surface area contributed by atoms with Gasteiger partial charge >= 0.3 is 0 Å². The molecule has 1 aromatic heterocycles. The fourth-order valence-corrected chi connectivity index (χ4v) is 5.14. The van der Waals surface area contributed by atoms with Crippen LogP contribution in [0.25, 0.3) is 0 Å².